The zero-order valence-electron chi connectivity index (χ0n) is 11.9. The molecule has 6 heteroatoms. The van der Waals surface area contributed by atoms with Gasteiger partial charge in [0.15, 0.2) is 0 Å². The van der Waals surface area contributed by atoms with Crippen molar-refractivity contribution in [2.45, 2.75) is 38.3 Å². The van der Waals surface area contributed by atoms with E-state index >= 15 is 0 Å². The Hall–Kier alpha value is -1.95. The molecule has 1 aromatic carbocycles. The van der Waals surface area contributed by atoms with Crippen LogP contribution in [0.3, 0.4) is 0 Å². The highest BCUT2D eigenvalue weighted by Crippen LogP contribution is 2.19. The van der Waals surface area contributed by atoms with Crippen LogP contribution in [0.25, 0.3) is 0 Å². The van der Waals surface area contributed by atoms with E-state index in [2.05, 4.69) is 5.32 Å². The van der Waals surface area contributed by atoms with Gasteiger partial charge in [-0.15, -0.1) is 0 Å². The van der Waals surface area contributed by atoms with E-state index in [0.29, 0.717) is 12.0 Å². The van der Waals surface area contributed by atoms with Crippen molar-refractivity contribution in [2.75, 3.05) is 6.54 Å². The predicted octanol–water partition coefficient (Wildman–Crippen LogP) is 1.97. The molecule has 0 bridgehead atoms. The molecule has 0 saturated carbocycles. The van der Waals surface area contributed by atoms with Crippen LogP contribution in [-0.2, 0) is 4.79 Å². The van der Waals surface area contributed by atoms with E-state index in [4.69, 9.17) is 0 Å². The first kappa shape index (κ1) is 15.4. The number of hydrogen-bond acceptors (Lipinski definition) is 3. The lowest BCUT2D eigenvalue weighted by Crippen LogP contribution is -2.35. The van der Waals surface area contributed by atoms with E-state index in [1.54, 1.807) is 6.07 Å². The zero-order valence-corrected chi connectivity index (χ0v) is 11.9. The van der Waals surface area contributed by atoms with Gasteiger partial charge in [-0.25, -0.2) is 9.18 Å². The Balaban J connectivity index is 2.02. The second-order valence-corrected chi connectivity index (χ2v) is 5.16. The Labute approximate surface area is 122 Å². The minimum Gasteiger partial charge on any atom is -0.387 e. The highest BCUT2D eigenvalue weighted by Gasteiger charge is 2.38. The molecule has 114 valence electrons. The minimum atomic E-state index is -1.10. The molecule has 2 N–H and O–H groups in total. The molecule has 3 amide bonds. The van der Waals surface area contributed by atoms with Crippen LogP contribution in [0.1, 0.15) is 37.9 Å². The molecule has 5 nitrogen and oxygen atoms in total. The molecule has 1 saturated heterocycles. The number of hydrogen-bond donors (Lipinski definition) is 2. The van der Waals surface area contributed by atoms with Crippen molar-refractivity contribution in [1.82, 2.24) is 10.2 Å². The first-order valence-corrected chi connectivity index (χ1v) is 7.08. The topological polar surface area (TPSA) is 69.6 Å². The summed E-state index contributed by atoms with van der Waals surface area (Å²) in [6, 6.07) is 4.47. The summed E-state index contributed by atoms with van der Waals surface area (Å²) in [5, 5.41) is 12.7. The molecule has 0 aromatic heterocycles. The molecular weight excluding hydrogens is 275 g/mol. The maximum Gasteiger partial charge on any atom is 0.324 e. The number of imide groups is 1. The van der Waals surface area contributed by atoms with Gasteiger partial charge in [0.1, 0.15) is 11.9 Å². The Morgan fingerprint density at radius 1 is 1.43 bits per heavy atom. The average Bonchev–Trinajstić information content (AvgIpc) is 2.72. The van der Waals surface area contributed by atoms with Crippen molar-refractivity contribution in [1.29, 1.82) is 0 Å². The van der Waals surface area contributed by atoms with Crippen LogP contribution in [0.5, 0.6) is 0 Å². The van der Waals surface area contributed by atoms with E-state index in [1.807, 2.05) is 6.92 Å². The van der Waals surface area contributed by atoms with Crippen LogP contribution in [0.2, 0.25) is 0 Å². The number of β-amino-alcohol motifs (C(OH)–C–C–N with tert-alkyl or cyclic N) is 1. The molecule has 2 rings (SSSR count). The Morgan fingerprint density at radius 3 is 2.86 bits per heavy atom. The van der Waals surface area contributed by atoms with Crippen molar-refractivity contribution in [2.24, 2.45) is 0 Å². The summed E-state index contributed by atoms with van der Waals surface area (Å²) in [6.07, 6.45) is 1.27. The fourth-order valence-electron chi connectivity index (χ4n) is 2.35. The van der Waals surface area contributed by atoms with E-state index in [-0.39, 0.29) is 12.5 Å². The number of unbranched alkanes of at least 4 members (excludes halogenated alkanes) is 1. The Kier molecular flexibility index (Phi) is 4.90. The average molecular weight is 294 g/mol. The first-order valence-electron chi connectivity index (χ1n) is 7.08. The number of nitrogens with one attached hydrogen (secondary N) is 1. The summed E-state index contributed by atoms with van der Waals surface area (Å²) in [4.78, 5) is 24.9. The zero-order chi connectivity index (χ0) is 15.4. The van der Waals surface area contributed by atoms with E-state index in [1.165, 1.54) is 18.2 Å². The van der Waals surface area contributed by atoms with E-state index in [9.17, 15) is 19.1 Å². The van der Waals surface area contributed by atoms with Crippen molar-refractivity contribution >= 4 is 11.9 Å². The van der Waals surface area contributed by atoms with Crippen molar-refractivity contribution in [3.05, 3.63) is 35.6 Å². The molecule has 21 heavy (non-hydrogen) atoms. The van der Waals surface area contributed by atoms with Crippen molar-refractivity contribution in [3.63, 3.8) is 0 Å². The third-order valence-corrected chi connectivity index (χ3v) is 3.54. The number of carbonyl (C=O) groups excluding carboxylic acids is 2. The van der Waals surface area contributed by atoms with Gasteiger partial charge in [-0.3, -0.25) is 9.69 Å². The fourth-order valence-corrected chi connectivity index (χ4v) is 2.35. The van der Waals surface area contributed by atoms with Gasteiger partial charge in [0, 0.05) is 0 Å². The summed E-state index contributed by atoms with van der Waals surface area (Å²) in [5.74, 6) is -0.798. The van der Waals surface area contributed by atoms with Crippen LogP contribution in [0, 0.1) is 5.82 Å². The maximum absolute atomic E-state index is 13.1. The second-order valence-electron chi connectivity index (χ2n) is 5.16. The van der Waals surface area contributed by atoms with E-state index < -0.39 is 24.0 Å². The third-order valence-electron chi connectivity index (χ3n) is 3.54. The maximum atomic E-state index is 13.1. The van der Waals surface area contributed by atoms with Gasteiger partial charge in [-0.1, -0.05) is 31.9 Å². The molecule has 1 heterocycles. The summed E-state index contributed by atoms with van der Waals surface area (Å²) in [6.45, 7) is 1.84. The SMILES string of the molecule is CCCCC1NC(=O)N(CC(O)c2cccc(F)c2)C1=O. The van der Waals surface area contributed by atoms with Crippen LogP contribution in [0.4, 0.5) is 9.18 Å². The molecular formula is C15H19FN2O3. The Morgan fingerprint density at radius 2 is 2.19 bits per heavy atom. The minimum absolute atomic E-state index is 0.170. The molecule has 1 fully saturated rings. The molecule has 1 aliphatic heterocycles. The quantitative estimate of drug-likeness (QED) is 0.788. The molecule has 1 aliphatic rings. The van der Waals surface area contributed by atoms with Crippen molar-refractivity contribution in [3.8, 4) is 0 Å². The molecule has 0 spiro atoms. The van der Waals surface area contributed by atoms with Crippen LogP contribution in [-0.4, -0.2) is 34.5 Å². The smallest absolute Gasteiger partial charge is 0.324 e. The van der Waals surface area contributed by atoms with Gasteiger partial charge in [0.25, 0.3) is 5.91 Å². The molecule has 1 aromatic rings. The normalized spacial score (nSPS) is 19.8. The van der Waals surface area contributed by atoms with Crippen LogP contribution >= 0.6 is 0 Å². The highest BCUT2D eigenvalue weighted by molar-refractivity contribution is 6.04. The van der Waals surface area contributed by atoms with Gasteiger partial charge in [0.2, 0.25) is 0 Å². The van der Waals surface area contributed by atoms with Gasteiger partial charge >= 0.3 is 6.03 Å². The number of amides is 3. The molecule has 0 aliphatic carbocycles. The number of rotatable bonds is 6. The van der Waals surface area contributed by atoms with Gasteiger partial charge in [-0.05, 0) is 24.1 Å². The monoisotopic (exact) mass is 294 g/mol. The summed E-state index contributed by atoms with van der Waals surface area (Å²) < 4.78 is 13.1. The molecule has 2 atom stereocenters. The lowest BCUT2D eigenvalue weighted by Gasteiger charge is -2.18. The van der Waals surface area contributed by atoms with Gasteiger partial charge < -0.3 is 10.4 Å². The van der Waals surface area contributed by atoms with Crippen LogP contribution in [0.15, 0.2) is 24.3 Å². The largest absolute Gasteiger partial charge is 0.387 e. The lowest BCUT2D eigenvalue weighted by atomic mass is 10.1. The van der Waals surface area contributed by atoms with Gasteiger partial charge in [0.05, 0.1) is 12.6 Å². The summed E-state index contributed by atoms with van der Waals surface area (Å²) >= 11 is 0. The molecule has 2 unspecified atom stereocenters. The number of benzene rings is 1. The highest BCUT2D eigenvalue weighted by atomic mass is 19.1. The third kappa shape index (κ3) is 3.58. The lowest BCUT2D eigenvalue weighted by molar-refractivity contribution is -0.128. The van der Waals surface area contributed by atoms with Crippen LogP contribution < -0.4 is 5.32 Å². The number of nitrogens with zero attached hydrogens (tertiary/aromatic N) is 1. The van der Waals surface area contributed by atoms with E-state index in [0.717, 1.165) is 17.7 Å². The number of urea groups is 1. The fraction of sp³-hybridized carbons (Fsp3) is 0.467. The summed E-state index contributed by atoms with van der Waals surface area (Å²) in [7, 11) is 0. The Bertz CT molecular complexity index is 535. The number of halogens is 1. The summed E-state index contributed by atoms with van der Waals surface area (Å²) in [5.41, 5.74) is 0.340. The number of aliphatic hydroxyl groups is 1. The second kappa shape index (κ2) is 6.67. The molecule has 0 radical (unpaired) electrons. The predicted molar refractivity (Wildman–Crippen MR) is 74.9 cm³/mol. The first-order chi connectivity index (χ1) is 10.0. The standard InChI is InChI=1S/C15H19FN2O3/c1-2-3-7-12-14(20)18(15(21)17-12)9-13(19)10-5-4-6-11(16)8-10/h4-6,8,12-13,19H,2-3,7,9H2,1H3,(H,17,21). The number of aliphatic hydroxyl groups excluding tert-OH is 1. The van der Waals surface area contributed by atoms with Gasteiger partial charge in [-0.2, -0.15) is 0 Å². The number of carbonyl (C=O) groups is 2. The van der Waals surface area contributed by atoms with Crippen molar-refractivity contribution < 1.29 is 19.1 Å².